The van der Waals surface area contributed by atoms with Crippen molar-refractivity contribution in [2.75, 3.05) is 6.73 Å². The van der Waals surface area contributed by atoms with E-state index in [1.807, 2.05) is 6.08 Å². The van der Waals surface area contributed by atoms with E-state index in [-0.39, 0.29) is 29.2 Å². The second-order valence-electron chi connectivity index (χ2n) is 8.12. The Bertz CT molecular complexity index is 718. The van der Waals surface area contributed by atoms with E-state index in [0.717, 1.165) is 16.7 Å². The highest BCUT2D eigenvalue weighted by atomic mass is 32.2. The first-order chi connectivity index (χ1) is 11.4. The molecule has 1 amide bonds. The summed E-state index contributed by atoms with van der Waals surface area (Å²) in [5.41, 5.74) is 2.48. The lowest BCUT2D eigenvalue weighted by atomic mass is 9.76. The van der Waals surface area contributed by atoms with E-state index in [1.165, 1.54) is 11.8 Å². The molecule has 0 spiro atoms. The summed E-state index contributed by atoms with van der Waals surface area (Å²) in [5.74, 6) is -0.102. The van der Waals surface area contributed by atoms with Gasteiger partial charge >= 0.3 is 0 Å². The van der Waals surface area contributed by atoms with Gasteiger partial charge in [0.05, 0.1) is 4.91 Å². The lowest BCUT2D eigenvalue weighted by molar-refractivity contribution is -0.113. The second kappa shape index (κ2) is 6.84. The maximum absolute atomic E-state index is 12.2. The zero-order valence-corrected chi connectivity index (χ0v) is 16.4. The molecule has 136 valence electrons. The number of aromatic hydroxyl groups is 1. The largest absolute Gasteiger partial charge is 0.508 e. The number of aliphatic hydroxyl groups excluding tert-OH is 1. The number of aliphatic imine (C=N–C) groups is 1. The smallest absolute Gasteiger partial charge is 0.286 e. The summed E-state index contributed by atoms with van der Waals surface area (Å²) in [6.45, 7) is 12.2. The Hall–Kier alpha value is -1.79. The summed E-state index contributed by atoms with van der Waals surface area (Å²) in [6.07, 6.45) is 1.85. The van der Waals surface area contributed by atoms with Gasteiger partial charge in [-0.25, -0.2) is 0 Å². The molecule has 6 heteroatoms. The molecule has 1 aliphatic heterocycles. The maximum Gasteiger partial charge on any atom is 0.286 e. The molecule has 1 aliphatic rings. The Morgan fingerprint density at radius 3 is 2.08 bits per heavy atom. The van der Waals surface area contributed by atoms with Gasteiger partial charge in [-0.2, -0.15) is 4.99 Å². The highest BCUT2D eigenvalue weighted by molar-refractivity contribution is 8.18. The normalized spacial score (nSPS) is 17.2. The molecule has 0 saturated carbocycles. The molecule has 0 fully saturated rings. The van der Waals surface area contributed by atoms with Crippen LogP contribution in [0.3, 0.4) is 0 Å². The number of hydrogen-bond acceptors (Lipinski definition) is 5. The first-order valence-corrected chi connectivity index (χ1v) is 9.00. The monoisotopic (exact) mass is 362 g/mol. The van der Waals surface area contributed by atoms with E-state index >= 15 is 0 Å². The molecule has 0 aromatic heterocycles. The summed E-state index contributed by atoms with van der Waals surface area (Å²) < 4.78 is 0. The SMILES string of the molecule is CC(C)(C)c1cc(O)cc(C(C)(C)C)c1/C=C1/SC(NCO)=NC1=O. The van der Waals surface area contributed by atoms with Crippen LogP contribution in [0.2, 0.25) is 0 Å². The van der Waals surface area contributed by atoms with Gasteiger partial charge in [0.25, 0.3) is 5.91 Å². The van der Waals surface area contributed by atoms with Crippen LogP contribution in [-0.4, -0.2) is 28.0 Å². The molecular formula is C19H26N2O3S. The number of carbonyl (C=O) groups is 1. The van der Waals surface area contributed by atoms with Crippen LogP contribution in [0.4, 0.5) is 0 Å². The van der Waals surface area contributed by atoms with Crippen LogP contribution in [0.25, 0.3) is 6.08 Å². The minimum atomic E-state index is -0.325. The lowest BCUT2D eigenvalue weighted by Gasteiger charge is -2.29. The van der Waals surface area contributed by atoms with Gasteiger partial charge in [0.2, 0.25) is 0 Å². The van der Waals surface area contributed by atoms with Crippen molar-refractivity contribution in [1.29, 1.82) is 0 Å². The number of rotatable bonds is 2. The average molecular weight is 362 g/mol. The standard InChI is InChI=1S/C19H26N2O3S/c1-18(2,3)13-7-11(23)8-14(19(4,5)6)12(13)9-15-16(24)21-17(25-15)20-10-22/h7-9,22-23H,10H2,1-6H3,(H,20,21,24)/b15-9+. The van der Waals surface area contributed by atoms with Gasteiger partial charge in [-0.15, -0.1) is 0 Å². The van der Waals surface area contributed by atoms with Gasteiger partial charge in [-0.3, -0.25) is 4.79 Å². The molecule has 1 aromatic rings. The molecule has 0 bridgehead atoms. The van der Waals surface area contributed by atoms with Gasteiger partial charge in [0.1, 0.15) is 12.5 Å². The number of phenolic OH excluding ortho intramolecular Hbond substituents is 1. The third-order valence-electron chi connectivity index (χ3n) is 3.91. The third-order valence-corrected chi connectivity index (χ3v) is 4.85. The number of thioether (sulfide) groups is 1. The van der Waals surface area contributed by atoms with E-state index in [9.17, 15) is 9.90 Å². The van der Waals surface area contributed by atoms with Crippen molar-refractivity contribution in [2.24, 2.45) is 4.99 Å². The number of hydrogen-bond donors (Lipinski definition) is 3. The first kappa shape index (κ1) is 19.5. The van der Waals surface area contributed by atoms with Crippen LogP contribution in [0, 0.1) is 0 Å². The Balaban J connectivity index is 2.64. The van der Waals surface area contributed by atoms with Crippen LogP contribution in [0.1, 0.15) is 58.2 Å². The van der Waals surface area contributed by atoms with Gasteiger partial charge in [0, 0.05) is 0 Å². The first-order valence-electron chi connectivity index (χ1n) is 8.19. The molecule has 25 heavy (non-hydrogen) atoms. The summed E-state index contributed by atoms with van der Waals surface area (Å²) >= 11 is 1.21. The van der Waals surface area contributed by atoms with Crippen molar-refractivity contribution in [1.82, 2.24) is 5.32 Å². The molecular weight excluding hydrogens is 336 g/mol. The molecule has 0 aliphatic carbocycles. The molecule has 2 rings (SSSR count). The predicted octanol–water partition coefficient (Wildman–Crippen LogP) is 3.50. The highest BCUT2D eigenvalue weighted by Crippen LogP contribution is 2.40. The summed E-state index contributed by atoms with van der Waals surface area (Å²) in [7, 11) is 0. The minimum Gasteiger partial charge on any atom is -0.508 e. The molecule has 3 N–H and O–H groups in total. The zero-order valence-electron chi connectivity index (χ0n) is 15.6. The lowest BCUT2D eigenvalue weighted by Crippen LogP contribution is -2.20. The Kier molecular flexibility index (Phi) is 5.35. The van der Waals surface area contributed by atoms with Gasteiger partial charge < -0.3 is 15.5 Å². The van der Waals surface area contributed by atoms with Crippen molar-refractivity contribution in [3.05, 3.63) is 33.7 Å². The Morgan fingerprint density at radius 1 is 1.12 bits per heavy atom. The number of benzene rings is 1. The topological polar surface area (TPSA) is 81.9 Å². The van der Waals surface area contributed by atoms with Crippen molar-refractivity contribution >= 4 is 28.9 Å². The maximum atomic E-state index is 12.2. The summed E-state index contributed by atoms with van der Waals surface area (Å²) in [4.78, 5) is 16.6. The van der Waals surface area contributed by atoms with E-state index in [4.69, 9.17) is 5.11 Å². The average Bonchev–Trinajstić information content (AvgIpc) is 2.78. The van der Waals surface area contributed by atoms with Crippen molar-refractivity contribution in [2.45, 2.75) is 52.4 Å². The highest BCUT2D eigenvalue weighted by Gasteiger charge is 2.28. The van der Waals surface area contributed by atoms with Crippen LogP contribution in [0.15, 0.2) is 22.0 Å². The fraction of sp³-hybridized carbons (Fsp3) is 0.474. The zero-order chi connectivity index (χ0) is 19.0. The van der Waals surface area contributed by atoms with Gasteiger partial charge in [-0.05, 0) is 57.5 Å². The predicted molar refractivity (Wildman–Crippen MR) is 104 cm³/mol. The fourth-order valence-electron chi connectivity index (χ4n) is 2.72. The van der Waals surface area contributed by atoms with Crippen LogP contribution in [-0.2, 0) is 15.6 Å². The summed E-state index contributed by atoms with van der Waals surface area (Å²) in [6, 6.07) is 3.53. The van der Waals surface area contributed by atoms with Crippen molar-refractivity contribution < 1.29 is 15.0 Å². The molecule has 1 heterocycles. The van der Waals surface area contributed by atoms with E-state index in [1.54, 1.807) is 12.1 Å². The number of aliphatic hydroxyl groups is 1. The number of amides is 1. The Labute approximate surface area is 153 Å². The van der Waals surface area contributed by atoms with Crippen LogP contribution in [0.5, 0.6) is 5.75 Å². The van der Waals surface area contributed by atoms with Crippen LogP contribution < -0.4 is 5.32 Å². The second-order valence-corrected chi connectivity index (χ2v) is 9.15. The molecule has 1 aromatic carbocycles. The van der Waals surface area contributed by atoms with E-state index < -0.39 is 0 Å². The van der Waals surface area contributed by atoms with Crippen molar-refractivity contribution in [3.63, 3.8) is 0 Å². The number of carbonyl (C=O) groups excluding carboxylic acids is 1. The molecule has 0 saturated heterocycles. The molecule has 0 radical (unpaired) electrons. The van der Waals surface area contributed by atoms with Gasteiger partial charge in [-0.1, -0.05) is 41.5 Å². The number of amidine groups is 1. The molecule has 0 atom stereocenters. The minimum absolute atomic E-state index is 0.204. The van der Waals surface area contributed by atoms with E-state index in [0.29, 0.717) is 10.1 Å². The quantitative estimate of drug-likeness (QED) is 0.554. The molecule has 0 unspecified atom stereocenters. The summed E-state index contributed by atoms with van der Waals surface area (Å²) in [5, 5.41) is 22.2. The third kappa shape index (κ3) is 4.44. The number of nitrogens with zero attached hydrogens (tertiary/aromatic N) is 1. The van der Waals surface area contributed by atoms with Crippen LogP contribution >= 0.6 is 11.8 Å². The van der Waals surface area contributed by atoms with E-state index in [2.05, 4.69) is 51.9 Å². The molecule has 5 nitrogen and oxygen atoms in total. The van der Waals surface area contributed by atoms with Crippen molar-refractivity contribution in [3.8, 4) is 5.75 Å². The Morgan fingerprint density at radius 2 is 1.64 bits per heavy atom. The van der Waals surface area contributed by atoms with Gasteiger partial charge in [0.15, 0.2) is 5.17 Å². The number of phenols is 1. The fourth-order valence-corrected chi connectivity index (χ4v) is 3.50. The number of nitrogens with one attached hydrogen (secondary N) is 1.